The van der Waals surface area contributed by atoms with Gasteiger partial charge in [0, 0.05) is 17.9 Å². The third-order valence-corrected chi connectivity index (χ3v) is 6.87. The number of rotatable bonds is 6. The first kappa shape index (κ1) is 20.5. The molecule has 0 aliphatic carbocycles. The molecule has 0 bridgehead atoms. The Balaban J connectivity index is 1.52. The lowest BCUT2D eigenvalue weighted by Gasteiger charge is -2.13. The highest BCUT2D eigenvalue weighted by molar-refractivity contribution is 7.98. The molecule has 0 aliphatic rings. The molecule has 32 heavy (non-hydrogen) atoms. The topological polar surface area (TPSA) is 30.7 Å². The fourth-order valence-corrected chi connectivity index (χ4v) is 4.95. The van der Waals surface area contributed by atoms with Crippen molar-refractivity contribution in [1.82, 2.24) is 14.8 Å². The van der Waals surface area contributed by atoms with Crippen LogP contribution in [0.4, 0.5) is 0 Å². The van der Waals surface area contributed by atoms with Crippen LogP contribution in [0.1, 0.15) is 28.1 Å². The zero-order chi connectivity index (χ0) is 21.9. The van der Waals surface area contributed by atoms with Gasteiger partial charge in [0.1, 0.15) is 5.82 Å². The predicted octanol–water partition coefficient (Wildman–Crippen LogP) is 6.92. The molecule has 1 heterocycles. The van der Waals surface area contributed by atoms with Gasteiger partial charge in [-0.15, -0.1) is 10.2 Å². The van der Waals surface area contributed by atoms with E-state index >= 15 is 0 Å². The number of thioether (sulfide) groups is 1. The van der Waals surface area contributed by atoms with Gasteiger partial charge in [-0.3, -0.25) is 4.57 Å². The Hall–Kier alpha value is -3.37. The molecule has 0 atom stereocenters. The third kappa shape index (κ3) is 4.19. The molecule has 5 aromatic rings. The summed E-state index contributed by atoms with van der Waals surface area (Å²) < 4.78 is 2.22. The molecule has 4 aromatic carbocycles. The molecule has 0 spiro atoms. The van der Waals surface area contributed by atoms with Crippen molar-refractivity contribution in [3.05, 3.63) is 119 Å². The van der Waals surface area contributed by atoms with E-state index in [-0.39, 0.29) is 0 Å². The van der Waals surface area contributed by atoms with Crippen LogP contribution in [-0.2, 0) is 12.2 Å². The molecule has 3 nitrogen and oxygen atoms in total. The van der Waals surface area contributed by atoms with Gasteiger partial charge in [-0.25, -0.2) is 0 Å². The standard InChI is InChI=1S/C28H25N3S/c1-20-15-16-25(17-21(20)2)31-27(18-22-9-4-3-5-10-22)29-30-28(31)32-19-24-13-8-12-23-11-6-7-14-26(23)24/h3-17H,18-19H2,1-2H3. The lowest BCUT2D eigenvalue weighted by molar-refractivity contribution is 0.846. The second-order valence-electron chi connectivity index (χ2n) is 8.09. The number of hydrogen-bond donors (Lipinski definition) is 0. The average molecular weight is 436 g/mol. The van der Waals surface area contributed by atoms with Gasteiger partial charge in [-0.1, -0.05) is 90.6 Å². The molecule has 0 saturated heterocycles. The van der Waals surface area contributed by atoms with Crippen LogP contribution in [0.5, 0.6) is 0 Å². The molecule has 0 N–H and O–H groups in total. The number of aromatic nitrogens is 3. The number of hydrogen-bond acceptors (Lipinski definition) is 3. The van der Waals surface area contributed by atoms with Gasteiger partial charge >= 0.3 is 0 Å². The summed E-state index contributed by atoms with van der Waals surface area (Å²) >= 11 is 1.74. The zero-order valence-corrected chi connectivity index (χ0v) is 19.1. The van der Waals surface area contributed by atoms with Crippen LogP contribution in [0.2, 0.25) is 0 Å². The van der Waals surface area contributed by atoms with Crippen molar-refractivity contribution in [2.24, 2.45) is 0 Å². The van der Waals surface area contributed by atoms with E-state index in [1.165, 1.54) is 33.0 Å². The lowest BCUT2D eigenvalue weighted by Crippen LogP contribution is -2.04. The highest BCUT2D eigenvalue weighted by Crippen LogP contribution is 2.29. The maximum atomic E-state index is 4.61. The number of nitrogens with zero attached hydrogens (tertiary/aromatic N) is 3. The second-order valence-corrected chi connectivity index (χ2v) is 9.03. The Morgan fingerprint density at radius 2 is 1.53 bits per heavy atom. The van der Waals surface area contributed by atoms with Gasteiger partial charge in [0.2, 0.25) is 0 Å². The van der Waals surface area contributed by atoms with Crippen molar-refractivity contribution in [3.63, 3.8) is 0 Å². The summed E-state index contributed by atoms with van der Waals surface area (Å²) in [5.41, 5.74) is 6.22. The van der Waals surface area contributed by atoms with Crippen LogP contribution < -0.4 is 0 Å². The maximum absolute atomic E-state index is 4.61. The first-order chi connectivity index (χ1) is 15.7. The van der Waals surface area contributed by atoms with E-state index in [9.17, 15) is 0 Å². The molecule has 158 valence electrons. The van der Waals surface area contributed by atoms with Crippen molar-refractivity contribution in [2.75, 3.05) is 0 Å². The average Bonchev–Trinajstić information content (AvgIpc) is 3.22. The van der Waals surface area contributed by atoms with Crippen molar-refractivity contribution in [2.45, 2.75) is 31.2 Å². The first-order valence-electron chi connectivity index (χ1n) is 10.8. The second kappa shape index (κ2) is 9.01. The Bertz CT molecular complexity index is 1370. The van der Waals surface area contributed by atoms with E-state index in [0.717, 1.165) is 28.8 Å². The number of benzene rings is 4. The SMILES string of the molecule is Cc1ccc(-n2c(Cc3ccccc3)nnc2SCc2cccc3ccccc23)cc1C. The molecule has 0 fully saturated rings. The van der Waals surface area contributed by atoms with E-state index in [1.54, 1.807) is 11.8 Å². The quantitative estimate of drug-likeness (QED) is 0.271. The summed E-state index contributed by atoms with van der Waals surface area (Å²) in [7, 11) is 0. The van der Waals surface area contributed by atoms with Crippen molar-refractivity contribution in [1.29, 1.82) is 0 Å². The van der Waals surface area contributed by atoms with Gasteiger partial charge in [-0.2, -0.15) is 0 Å². The van der Waals surface area contributed by atoms with Gasteiger partial charge in [-0.05, 0) is 59.0 Å². The largest absolute Gasteiger partial charge is 0.274 e. The Kier molecular flexibility index (Phi) is 5.78. The molecule has 5 rings (SSSR count). The molecule has 0 radical (unpaired) electrons. The predicted molar refractivity (Wildman–Crippen MR) is 134 cm³/mol. The monoisotopic (exact) mass is 435 g/mol. The van der Waals surface area contributed by atoms with Gasteiger partial charge in [0.15, 0.2) is 5.16 Å². The summed E-state index contributed by atoms with van der Waals surface area (Å²) in [5, 5.41) is 12.7. The number of fused-ring (bicyclic) bond motifs is 1. The molecule has 0 unspecified atom stereocenters. The molecule has 4 heteroatoms. The summed E-state index contributed by atoms with van der Waals surface area (Å²) in [5.74, 6) is 1.80. The highest BCUT2D eigenvalue weighted by Gasteiger charge is 2.16. The zero-order valence-electron chi connectivity index (χ0n) is 18.3. The Morgan fingerprint density at radius 1 is 0.750 bits per heavy atom. The maximum Gasteiger partial charge on any atom is 0.196 e. The normalized spacial score (nSPS) is 11.2. The molecule has 0 aliphatic heterocycles. The summed E-state index contributed by atoms with van der Waals surface area (Å²) in [6.45, 7) is 4.30. The first-order valence-corrected chi connectivity index (χ1v) is 11.8. The van der Waals surface area contributed by atoms with Crippen molar-refractivity contribution < 1.29 is 0 Å². The summed E-state index contributed by atoms with van der Waals surface area (Å²) in [4.78, 5) is 0. The Labute approximate surface area is 193 Å². The Morgan fingerprint density at radius 3 is 2.38 bits per heavy atom. The van der Waals surface area contributed by atoms with Crippen LogP contribution in [0, 0.1) is 13.8 Å². The molecular weight excluding hydrogens is 410 g/mol. The molecular formula is C28H25N3S. The molecule has 1 aromatic heterocycles. The molecule has 0 amide bonds. The minimum Gasteiger partial charge on any atom is -0.274 e. The summed E-state index contributed by atoms with van der Waals surface area (Å²) in [6.07, 6.45) is 0.746. The van der Waals surface area contributed by atoms with E-state index in [0.29, 0.717) is 0 Å². The summed E-state index contributed by atoms with van der Waals surface area (Å²) in [6, 6.07) is 32.1. The van der Waals surface area contributed by atoms with Crippen LogP contribution in [-0.4, -0.2) is 14.8 Å². The van der Waals surface area contributed by atoms with Crippen molar-refractivity contribution in [3.8, 4) is 5.69 Å². The molecule has 0 saturated carbocycles. The fraction of sp³-hybridized carbons (Fsp3) is 0.143. The van der Waals surface area contributed by atoms with Crippen LogP contribution in [0.3, 0.4) is 0 Å². The minimum absolute atomic E-state index is 0.746. The number of aryl methyl sites for hydroxylation is 2. The van der Waals surface area contributed by atoms with Gasteiger partial charge in [0.25, 0.3) is 0 Å². The third-order valence-electron chi connectivity index (χ3n) is 5.89. The fourth-order valence-electron chi connectivity index (χ4n) is 3.97. The lowest BCUT2D eigenvalue weighted by atomic mass is 10.1. The van der Waals surface area contributed by atoms with Crippen LogP contribution in [0.15, 0.2) is 96.2 Å². The van der Waals surface area contributed by atoms with Gasteiger partial charge < -0.3 is 0 Å². The highest BCUT2D eigenvalue weighted by atomic mass is 32.2. The minimum atomic E-state index is 0.746. The van der Waals surface area contributed by atoms with E-state index in [1.807, 2.05) is 6.07 Å². The van der Waals surface area contributed by atoms with Gasteiger partial charge in [0.05, 0.1) is 0 Å². The van der Waals surface area contributed by atoms with Crippen LogP contribution in [0.25, 0.3) is 16.5 Å². The van der Waals surface area contributed by atoms with Crippen LogP contribution >= 0.6 is 11.8 Å². The van der Waals surface area contributed by atoms with E-state index in [4.69, 9.17) is 0 Å². The van der Waals surface area contributed by atoms with E-state index in [2.05, 4.69) is 114 Å². The van der Waals surface area contributed by atoms with Crippen molar-refractivity contribution >= 4 is 22.5 Å². The smallest absolute Gasteiger partial charge is 0.196 e. The van der Waals surface area contributed by atoms with E-state index < -0.39 is 0 Å².